The molecular weight excluding hydrogens is 298 g/mol. The second-order valence-corrected chi connectivity index (χ2v) is 5.50. The quantitative estimate of drug-likeness (QED) is 0.702. The SMILES string of the molecule is O=C(C=Cc1ccco1)NCC(c1ccsc1)c1ccco1. The van der Waals surface area contributed by atoms with Gasteiger partial charge in [0.1, 0.15) is 11.5 Å². The van der Waals surface area contributed by atoms with Crippen molar-refractivity contribution in [1.29, 1.82) is 0 Å². The summed E-state index contributed by atoms with van der Waals surface area (Å²) in [6.45, 7) is 0.478. The standard InChI is InChI=1S/C17H15NO3S/c19-17(6-5-14-3-1-8-20-14)18-11-15(13-7-10-22-12-13)16-4-2-9-21-16/h1-10,12,15H,11H2,(H,18,19). The van der Waals surface area contributed by atoms with Crippen molar-refractivity contribution in [2.45, 2.75) is 5.92 Å². The molecule has 0 saturated carbocycles. The molecule has 1 atom stereocenters. The largest absolute Gasteiger partial charge is 0.469 e. The highest BCUT2D eigenvalue weighted by molar-refractivity contribution is 7.08. The van der Waals surface area contributed by atoms with Crippen LogP contribution < -0.4 is 5.32 Å². The summed E-state index contributed by atoms with van der Waals surface area (Å²) in [7, 11) is 0. The van der Waals surface area contributed by atoms with Gasteiger partial charge in [0.15, 0.2) is 0 Å². The van der Waals surface area contributed by atoms with Gasteiger partial charge in [-0.05, 0) is 52.7 Å². The zero-order valence-electron chi connectivity index (χ0n) is 11.8. The van der Waals surface area contributed by atoms with Crippen molar-refractivity contribution in [2.24, 2.45) is 0 Å². The minimum Gasteiger partial charge on any atom is -0.469 e. The molecule has 22 heavy (non-hydrogen) atoms. The maximum absolute atomic E-state index is 11.9. The fourth-order valence-corrected chi connectivity index (χ4v) is 2.87. The molecule has 3 aromatic rings. The van der Waals surface area contributed by atoms with Crippen LogP contribution in [0.3, 0.4) is 0 Å². The molecule has 4 nitrogen and oxygen atoms in total. The Morgan fingerprint density at radius 2 is 2.09 bits per heavy atom. The molecule has 0 aliphatic carbocycles. The van der Waals surface area contributed by atoms with Crippen molar-refractivity contribution in [2.75, 3.05) is 6.54 Å². The van der Waals surface area contributed by atoms with E-state index in [4.69, 9.17) is 8.83 Å². The summed E-state index contributed by atoms with van der Waals surface area (Å²) >= 11 is 1.63. The molecule has 3 heterocycles. The predicted molar refractivity (Wildman–Crippen MR) is 85.6 cm³/mol. The predicted octanol–water partition coefficient (Wildman–Crippen LogP) is 3.90. The normalized spacial score (nSPS) is 12.5. The Labute approximate surface area is 132 Å². The molecular formula is C17H15NO3S. The van der Waals surface area contributed by atoms with Crippen LogP contribution in [0.5, 0.6) is 0 Å². The van der Waals surface area contributed by atoms with E-state index in [0.29, 0.717) is 12.3 Å². The van der Waals surface area contributed by atoms with Gasteiger partial charge in [-0.1, -0.05) is 0 Å². The summed E-state index contributed by atoms with van der Waals surface area (Å²) in [6, 6.07) is 9.39. The molecule has 0 spiro atoms. The summed E-state index contributed by atoms with van der Waals surface area (Å²) in [6.07, 6.45) is 6.32. The highest BCUT2D eigenvalue weighted by Gasteiger charge is 2.17. The number of furan rings is 2. The third-order valence-electron chi connectivity index (χ3n) is 3.25. The molecule has 3 aromatic heterocycles. The van der Waals surface area contributed by atoms with Crippen LogP contribution in [0.1, 0.15) is 23.0 Å². The van der Waals surface area contributed by atoms with E-state index in [1.54, 1.807) is 42.1 Å². The van der Waals surface area contributed by atoms with Crippen molar-refractivity contribution in [3.05, 3.63) is 76.8 Å². The van der Waals surface area contributed by atoms with Crippen LogP contribution >= 0.6 is 11.3 Å². The molecule has 0 radical (unpaired) electrons. The number of carbonyl (C=O) groups is 1. The van der Waals surface area contributed by atoms with Crippen LogP contribution in [0, 0.1) is 0 Å². The van der Waals surface area contributed by atoms with Gasteiger partial charge in [0.2, 0.25) is 5.91 Å². The Morgan fingerprint density at radius 1 is 1.23 bits per heavy atom. The fourth-order valence-electron chi connectivity index (χ4n) is 2.15. The molecule has 0 bridgehead atoms. The Bertz CT molecular complexity index is 678. The van der Waals surface area contributed by atoms with E-state index >= 15 is 0 Å². The lowest BCUT2D eigenvalue weighted by molar-refractivity contribution is -0.116. The lowest BCUT2D eigenvalue weighted by atomic mass is 9.99. The van der Waals surface area contributed by atoms with Crippen LogP contribution in [0.2, 0.25) is 0 Å². The van der Waals surface area contributed by atoms with Gasteiger partial charge < -0.3 is 14.2 Å². The number of hydrogen-bond donors (Lipinski definition) is 1. The third kappa shape index (κ3) is 3.56. The fraction of sp³-hybridized carbons (Fsp3) is 0.118. The van der Waals surface area contributed by atoms with Crippen molar-refractivity contribution < 1.29 is 13.6 Å². The first-order valence-corrected chi connectivity index (χ1v) is 7.82. The van der Waals surface area contributed by atoms with Gasteiger partial charge in [-0.15, -0.1) is 0 Å². The van der Waals surface area contributed by atoms with Crippen LogP contribution in [0.15, 0.2) is 68.5 Å². The first-order valence-electron chi connectivity index (χ1n) is 6.88. The summed E-state index contributed by atoms with van der Waals surface area (Å²) in [5.41, 5.74) is 1.13. The van der Waals surface area contributed by atoms with Gasteiger partial charge in [0.25, 0.3) is 0 Å². The lowest BCUT2D eigenvalue weighted by Gasteiger charge is -2.13. The number of amides is 1. The Morgan fingerprint density at radius 3 is 2.77 bits per heavy atom. The second kappa shape index (κ2) is 6.95. The Hall–Kier alpha value is -2.53. The second-order valence-electron chi connectivity index (χ2n) is 4.72. The van der Waals surface area contributed by atoms with Crippen molar-refractivity contribution in [1.82, 2.24) is 5.32 Å². The molecule has 0 aliphatic heterocycles. The monoisotopic (exact) mass is 313 g/mol. The summed E-state index contributed by atoms with van der Waals surface area (Å²) in [5.74, 6) is 1.34. The van der Waals surface area contributed by atoms with Crippen LogP contribution in [0.25, 0.3) is 6.08 Å². The summed E-state index contributed by atoms with van der Waals surface area (Å²) in [4.78, 5) is 11.9. The molecule has 5 heteroatoms. The maximum atomic E-state index is 11.9. The Balaban J connectivity index is 1.63. The van der Waals surface area contributed by atoms with E-state index in [0.717, 1.165) is 11.3 Å². The van der Waals surface area contributed by atoms with Gasteiger partial charge >= 0.3 is 0 Å². The van der Waals surface area contributed by atoms with Gasteiger partial charge in [0.05, 0.1) is 18.4 Å². The van der Waals surface area contributed by atoms with Crippen LogP contribution in [0.4, 0.5) is 0 Å². The number of hydrogen-bond acceptors (Lipinski definition) is 4. The maximum Gasteiger partial charge on any atom is 0.244 e. The van der Waals surface area contributed by atoms with Gasteiger partial charge in [-0.3, -0.25) is 4.79 Å². The highest BCUT2D eigenvalue weighted by Crippen LogP contribution is 2.26. The first-order chi connectivity index (χ1) is 10.8. The van der Waals surface area contributed by atoms with Gasteiger partial charge in [0, 0.05) is 12.6 Å². The zero-order valence-corrected chi connectivity index (χ0v) is 12.6. The zero-order chi connectivity index (χ0) is 15.2. The molecule has 3 rings (SSSR count). The minimum absolute atomic E-state index is 0.0159. The molecule has 0 aliphatic rings. The van der Waals surface area contributed by atoms with Crippen LogP contribution in [-0.2, 0) is 4.79 Å². The van der Waals surface area contributed by atoms with E-state index < -0.39 is 0 Å². The van der Waals surface area contributed by atoms with Crippen molar-refractivity contribution >= 4 is 23.3 Å². The van der Waals surface area contributed by atoms with E-state index in [-0.39, 0.29) is 11.8 Å². The highest BCUT2D eigenvalue weighted by atomic mass is 32.1. The molecule has 1 amide bonds. The number of nitrogens with one attached hydrogen (secondary N) is 1. The van der Waals surface area contributed by atoms with E-state index in [2.05, 4.69) is 10.7 Å². The molecule has 112 valence electrons. The molecule has 1 N–H and O–H groups in total. The van der Waals surface area contributed by atoms with E-state index in [1.807, 2.05) is 23.6 Å². The third-order valence-corrected chi connectivity index (χ3v) is 3.96. The van der Waals surface area contributed by atoms with Gasteiger partial charge in [-0.2, -0.15) is 11.3 Å². The van der Waals surface area contributed by atoms with Gasteiger partial charge in [-0.25, -0.2) is 0 Å². The smallest absolute Gasteiger partial charge is 0.244 e. The average molecular weight is 313 g/mol. The average Bonchev–Trinajstić information content (AvgIpc) is 3.27. The lowest BCUT2D eigenvalue weighted by Crippen LogP contribution is -2.27. The summed E-state index contributed by atoms with van der Waals surface area (Å²) < 4.78 is 10.6. The number of carbonyl (C=O) groups excluding carboxylic acids is 1. The minimum atomic E-state index is -0.164. The van der Waals surface area contributed by atoms with Crippen molar-refractivity contribution in [3.63, 3.8) is 0 Å². The molecule has 0 saturated heterocycles. The first kappa shape index (κ1) is 14.4. The topological polar surface area (TPSA) is 55.4 Å². The van der Waals surface area contributed by atoms with Crippen molar-refractivity contribution in [3.8, 4) is 0 Å². The number of rotatable bonds is 6. The number of thiophene rings is 1. The van der Waals surface area contributed by atoms with E-state index in [1.165, 1.54) is 6.08 Å². The molecule has 0 fully saturated rings. The summed E-state index contributed by atoms with van der Waals surface area (Å²) in [5, 5.41) is 6.98. The van der Waals surface area contributed by atoms with Crippen LogP contribution in [-0.4, -0.2) is 12.5 Å². The molecule has 0 aromatic carbocycles. The Kier molecular flexibility index (Phi) is 4.56. The van der Waals surface area contributed by atoms with E-state index in [9.17, 15) is 4.79 Å². The molecule has 1 unspecified atom stereocenters.